The van der Waals surface area contributed by atoms with Crippen molar-refractivity contribution in [1.29, 1.82) is 0 Å². The number of nitrogens with zero attached hydrogens (tertiary/aromatic N) is 6. The Morgan fingerprint density at radius 1 is 0.719 bits per heavy atom. The fourth-order valence-corrected chi connectivity index (χ4v) is 8.63. The second kappa shape index (κ2) is 20.7. The molecule has 0 saturated carbocycles. The third-order valence-electron chi connectivity index (χ3n) is 7.61. The molecule has 0 aliphatic heterocycles. The summed E-state index contributed by atoms with van der Waals surface area (Å²) in [5.74, 6) is -4.52. The number of sulfone groups is 1. The van der Waals surface area contributed by atoms with Crippen molar-refractivity contribution in [2.75, 3.05) is 28.9 Å². The first kappa shape index (κ1) is 49.8. The molecule has 0 amide bonds. The summed E-state index contributed by atoms with van der Waals surface area (Å²) in [7, 11) is -19.4. The lowest BCUT2D eigenvalue weighted by atomic mass is 10.1. The molecule has 64 heavy (non-hydrogen) atoms. The Bertz CT molecular complexity index is 3080. The quantitative estimate of drug-likeness (QED) is 0.00597. The number of phenols is 1. The van der Waals surface area contributed by atoms with Crippen LogP contribution in [-0.2, 0) is 63.1 Å². The molecule has 0 saturated heterocycles. The van der Waals surface area contributed by atoms with Crippen LogP contribution in [0.25, 0.3) is 10.8 Å². The molecule has 344 valence electrons. The van der Waals surface area contributed by atoms with Crippen LogP contribution in [0.3, 0.4) is 0 Å². The lowest BCUT2D eigenvalue weighted by Crippen LogP contribution is -2.13. The van der Waals surface area contributed by atoms with Gasteiger partial charge in [-0.05, 0) is 54.6 Å². The normalized spacial score (nSPS) is 12.7. The second-order valence-electron chi connectivity index (χ2n) is 11.7. The topological polar surface area (TPSA) is 403 Å². The molecule has 0 fully saturated rings. The summed E-state index contributed by atoms with van der Waals surface area (Å²) in [5, 5.41) is 55.2. The van der Waals surface area contributed by atoms with Crippen molar-refractivity contribution in [2.45, 2.75) is 19.6 Å². The molecule has 5 aromatic rings. The number of nitrogens with one attached hydrogen (secondary N) is 2. The minimum Gasteiger partial charge on any atom is -0.505 e. The fourth-order valence-electron chi connectivity index (χ4n) is 5.04. The van der Waals surface area contributed by atoms with E-state index in [1.807, 2.05) is 0 Å². The monoisotopic (exact) mass is 1020 g/mol. The van der Waals surface area contributed by atoms with E-state index in [0.29, 0.717) is 12.1 Å². The van der Waals surface area contributed by atoms with Gasteiger partial charge >= 0.3 is 6.08 Å². The highest BCUT2D eigenvalue weighted by Crippen LogP contribution is 2.48. The standard InChI is InChI=1S/C29H24F2N8O19S6/c30-24-12-25(35-29(31)34-24)33-14-1-6-22(63(48,49)50)20(9-14)37-38-26-17-11-21(59-57-55-41)27(28(40)16(17)3-5-19(26)32-13-62(45,46)47)39-36-18-4-2-15(10-23(18)64(51,52)53)61(43,44)8-7-54-60-58-56-42/h1-6,9-12,32,40-42H,7-8,13H2,(H,33,34,35)(H,45,46,47)(H,48,49,50)(H,51,52,53)/b38-37+,39-36+. The molecule has 0 spiro atoms. The van der Waals surface area contributed by atoms with Gasteiger partial charge in [0.25, 0.3) is 30.4 Å². The van der Waals surface area contributed by atoms with Crippen molar-refractivity contribution in [3.8, 4) is 5.75 Å². The largest absolute Gasteiger partial charge is 0.505 e. The molecule has 0 aliphatic carbocycles. The molecule has 5 rings (SSSR count). The van der Waals surface area contributed by atoms with Gasteiger partial charge in [-0.3, -0.25) is 17.8 Å². The number of aromatic hydroxyl groups is 1. The summed E-state index contributed by atoms with van der Waals surface area (Å²) in [6, 6.07) is 8.94. The number of aromatic nitrogens is 2. The van der Waals surface area contributed by atoms with Crippen LogP contribution in [0.5, 0.6) is 5.75 Å². The lowest BCUT2D eigenvalue weighted by Gasteiger charge is -2.14. The van der Waals surface area contributed by atoms with Crippen LogP contribution in [-0.4, -0.2) is 91.2 Å². The number of fused-ring (bicyclic) bond motifs is 1. The molecular formula is C29H24F2N8O19S6. The second-order valence-corrected chi connectivity index (χ2v) is 19.3. The highest BCUT2D eigenvalue weighted by atomic mass is 32.2. The first-order valence-corrected chi connectivity index (χ1v) is 23.7. The molecule has 8 N–H and O–H groups in total. The third kappa shape index (κ3) is 13.2. The summed E-state index contributed by atoms with van der Waals surface area (Å²) in [6.45, 7) is -0.560. The number of benzene rings is 4. The van der Waals surface area contributed by atoms with Crippen molar-refractivity contribution in [1.82, 2.24) is 9.97 Å². The average molecular weight is 1020 g/mol. The lowest BCUT2D eigenvalue weighted by molar-refractivity contribution is -0.434. The highest BCUT2D eigenvalue weighted by molar-refractivity contribution is 7.94. The van der Waals surface area contributed by atoms with Crippen LogP contribution in [0.4, 0.5) is 48.7 Å². The summed E-state index contributed by atoms with van der Waals surface area (Å²) in [5.41, 5.74) is -2.86. The van der Waals surface area contributed by atoms with E-state index < -0.39 is 119 Å². The number of anilines is 3. The third-order valence-corrected chi connectivity index (χ3v) is 12.6. The molecule has 27 nitrogen and oxygen atoms in total. The summed E-state index contributed by atoms with van der Waals surface area (Å²) in [6.07, 6.45) is -1.47. The number of rotatable bonds is 21. The molecular weight excluding hydrogens is 995 g/mol. The number of azo groups is 2. The van der Waals surface area contributed by atoms with E-state index in [2.05, 4.69) is 59.8 Å². The van der Waals surface area contributed by atoms with E-state index >= 15 is 0 Å². The van der Waals surface area contributed by atoms with E-state index in [1.165, 1.54) is 0 Å². The fraction of sp³-hybridized carbons (Fsp3) is 0.103. The maximum atomic E-state index is 13.7. The van der Waals surface area contributed by atoms with Gasteiger partial charge in [-0.1, -0.05) is 10.1 Å². The van der Waals surface area contributed by atoms with Crippen LogP contribution in [0.2, 0.25) is 0 Å². The Morgan fingerprint density at radius 2 is 1.41 bits per heavy atom. The van der Waals surface area contributed by atoms with Gasteiger partial charge < -0.3 is 15.7 Å². The zero-order valence-electron chi connectivity index (χ0n) is 30.8. The number of hydrogen-bond donors (Lipinski definition) is 8. The van der Waals surface area contributed by atoms with Crippen LogP contribution in [0.1, 0.15) is 0 Å². The maximum absolute atomic E-state index is 13.7. The first-order chi connectivity index (χ1) is 30.0. The van der Waals surface area contributed by atoms with Gasteiger partial charge in [0.15, 0.2) is 27.9 Å². The molecule has 0 unspecified atom stereocenters. The average Bonchev–Trinajstić information content (AvgIpc) is 3.19. The van der Waals surface area contributed by atoms with Crippen molar-refractivity contribution in [2.24, 2.45) is 20.5 Å². The van der Waals surface area contributed by atoms with E-state index in [9.17, 15) is 61.2 Å². The minimum atomic E-state index is -5.26. The van der Waals surface area contributed by atoms with Crippen LogP contribution in [0.15, 0.2) is 101 Å². The zero-order valence-corrected chi connectivity index (χ0v) is 35.7. The van der Waals surface area contributed by atoms with E-state index in [4.69, 9.17) is 14.7 Å². The Morgan fingerprint density at radius 3 is 2.06 bits per heavy atom. The van der Waals surface area contributed by atoms with Crippen molar-refractivity contribution in [3.05, 3.63) is 72.7 Å². The number of halogens is 2. The summed E-state index contributed by atoms with van der Waals surface area (Å²) >= 11 is 0.177. The molecule has 0 radical (unpaired) electrons. The molecule has 35 heteroatoms. The van der Waals surface area contributed by atoms with E-state index in [0.717, 1.165) is 48.5 Å². The molecule has 1 aromatic heterocycles. The smallest absolute Gasteiger partial charge is 0.313 e. The molecule has 0 atom stereocenters. The minimum absolute atomic E-state index is 0.0710. The van der Waals surface area contributed by atoms with Gasteiger partial charge in [-0.25, -0.2) is 18.9 Å². The van der Waals surface area contributed by atoms with E-state index in [-0.39, 0.29) is 51.4 Å². The Balaban J connectivity index is 1.66. The van der Waals surface area contributed by atoms with Gasteiger partial charge in [0.1, 0.15) is 44.2 Å². The molecule has 1 heterocycles. The van der Waals surface area contributed by atoms with Gasteiger partial charge in [0, 0.05) is 22.5 Å². The van der Waals surface area contributed by atoms with Crippen LogP contribution >= 0.6 is 24.4 Å². The van der Waals surface area contributed by atoms with Crippen molar-refractivity contribution in [3.63, 3.8) is 0 Å². The van der Waals surface area contributed by atoms with Crippen LogP contribution in [0, 0.1) is 12.0 Å². The van der Waals surface area contributed by atoms with Gasteiger partial charge in [-0.15, -0.1) is 29.1 Å². The molecule has 0 bridgehead atoms. The van der Waals surface area contributed by atoms with E-state index in [1.54, 1.807) is 0 Å². The molecule has 0 aliphatic rings. The number of phenolic OH excluding ortho intramolecular Hbond substituents is 1. The van der Waals surface area contributed by atoms with Gasteiger partial charge in [-0.2, -0.15) is 44.0 Å². The summed E-state index contributed by atoms with van der Waals surface area (Å²) < 4.78 is 168. The predicted molar refractivity (Wildman–Crippen MR) is 213 cm³/mol. The van der Waals surface area contributed by atoms with Crippen molar-refractivity contribution < 1.29 is 94.7 Å². The first-order valence-electron chi connectivity index (χ1n) is 16.2. The SMILES string of the molecule is O=S(=O)(O)CNc1ccc2c(O)c(/N=N/c3ccc(S(=O)(=O)CCOSOOO)cc3S(=O)(=O)O)c(SOOO)cc2c1/N=N/c1cc(Nc2cc(F)nc(F)n2)ccc1S(=O)(=O)O. The van der Waals surface area contributed by atoms with Crippen molar-refractivity contribution >= 4 is 115 Å². The van der Waals surface area contributed by atoms with Crippen LogP contribution < -0.4 is 10.6 Å². The molecule has 4 aromatic carbocycles. The predicted octanol–water partition coefficient (Wildman–Crippen LogP) is 6.14. The Kier molecular flexibility index (Phi) is 16.1. The Labute approximate surface area is 365 Å². The zero-order chi connectivity index (χ0) is 47.0. The number of hydrogen-bond acceptors (Lipinski definition) is 26. The van der Waals surface area contributed by atoms with Gasteiger partial charge in [0.05, 0.1) is 39.9 Å². The van der Waals surface area contributed by atoms with Gasteiger partial charge in [0.2, 0.25) is 5.95 Å². The highest BCUT2D eigenvalue weighted by Gasteiger charge is 2.25. The maximum Gasteiger partial charge on any atom is 0.313 e. The Hall–Kier alpha value is -5.22. The summed E-state index contributed by atoms with van der Waals surface area (Å²) in [4.78, 5) is 3.19.